The van der Waals surface area contributed by atoms with Gasteiger partial charge in [0, 0.05) is 11.1 Å². The van der Waals surface area contributed by atoms with E-state index in [1.807, 2.05) is 13.8 Å². The van der Waals surface area contributed by atoms with Crippen molar-refractivity contribution in [1.82, 2.24) is 0 Å². The minimum atomic E-state index is 0.660. The highest BCUT2D eigenvalue weighted by atomic mass is 127. The minimum Gasteiger partial charge on any atom is -0.492 e. The molecule has 3 heteroatoms. The van der Waals surface area contributed by atoms with E-state index in [0.29, 0.717) is 6.61 Å². The van der Waals surface area contributed by atoms with Crippen molar-refractivity contribution in [3.63, 3.8) is 0 Å². The molecule has 0 N–H and O–H groups in total. The molecule has 0 fully saturated rings. The van der Waals surface area contributed by atoms with Gasteiger partial charge in [-0.2, -0.15) is 0 Å². The Morgan fingerprint density at radius 1 is 1.67 bits per heavy atom. The number of benzene rings is 1. The third-order valence-corrected chi connectivity index (χ3v) is 3.20. The summed E-state index contributed by atoms with van der Waals surface area (Å²) in [7, 11) is 0. The molecule has 0 unspecified atom stereocenters. The fourth-order valence-electron chi connectivity index (χ4n) is 0.825. The normalized spacial score (nSPS) is 10.0. The Kier molecular flexibility index (Phi) is 3.65. The number of halogens is 2. The molecule has 0 aliphatic carbocycles. The second-order valence-corrected chi connectivity index (χ2v) is 3.82. The summed E-state index contributed by atoms with van der Waals surface area (Å²) in [6, 6.07) is 4.73. The van der Waals surface area contributed by atoms with Gasteiger partial charge in [-0.1, -0.05) is 11.6 Å². The molecule has 1 aromatic rings. The predicted octanol–water partition coefficient (Wildman–Crippen LogP) is 3.45. The second kappa shape index (κ2) is 4.33. The highest BCUT2D eigenvalue weighted by molar-refractivity contribution is 14.1. The molecule has 0 aromatic heterocycles. The first kappa shape index (κ1) is 10.1. The summed E-state index contributed by atoms with van der Waals surface area (Å²) < 4.78 is 6.39. The molecular formula is C9H9ClIO. The van der Waals surface area contributed by atoms with Crippen molar-refractivity contribution < 1.29 is 4.74 Å². The molecule has 0 amide bonds. The van der Waals surface area contributed by atoms with Crippen molar-refractivity contribution in [2.24, 2.45) is 0 Å². The Bertz CT molecular complexity index is 286. The lowest BCUT2D eigenvalue weighted by Gasteiger charge is -2.08. The van der Waals surface area contributed by atoms with Crippen LogP contribution < -0.4 is 4.74 Å². The number of hydrogen-bond donors (Lipinski definition) is 0. The van der Waals surface area contributed by atoms with E-state index < -0.39 is 0 Å². The van der Waals surface area contributed by atoms with Gasteiger partial charge >= 0.3 is 0 Å². The lowest BCUT2D eigenvalue weighted by molar-refractivity contribution is 0.337. The quantitative estimate of drug-likeness (QED) is 0.759. The van der Waals surface area contributed by atoms with Gasteiger partial charge in [-0.25, -0.2) is 0 Å². The first-order valence-corrected chi connectivity index (χ1v) is 5.11. The van der Waals surface area contributed by atoms with Crippen molar-refractivity contribution in [3.8, 4) is 5.75 Å². The fourth-order valence-corrected chi connectivity index (χ4v) is 1.74. The van der Waals surface area contributed by atoms with E-state index in [9.17, 15) is 0 Å². The molecule has 0 saturated carbocycles. The summed E-state index contributed by atoms with van der Waals surface area (Å²) in [5.41, 5.74) is 1.06. The van der Waals surface area contributed by atoms with Crippen LogP contribution in [0.1, 0.15) is 12.5 Å². The molecule has 0 aliphatic heterocycles. The number of ether oxygens (including phenoxy) is 1. The van der Waals surface area contributed by atoms with E-state index in [2.05, 4.69) is 28.7 Å². The third-order valence-electron chi connectivity index (χ3n) is 1.51. The SMILES string of the molecule is CCOc1[c]cc(Cl)c(C)c1I. The number of hydrogen-bond acceptors (Lipinski definition) is 1. The van der Waals surface area contributed by atoms with Crippen LogP contribution >= 0.6 is 34.2 Å². The summed E-state index contributed by atoms with van der Waals surface area (Å²) in [6.07, 6.45) is 0. The van der Waals surface area contributed by atoms with E-state index in [4.69, 9.17) is 16.3 Å². The summed E-state index contributed by atoms with van der Waals surface area (Å²) >= 11 is 8.11. The Hall–Kier alpha value is 0.0400. The van der Waals surface area contributed by atoms with Crippen LogP contribution in [0.15, 0.2) is 6.07 Å². The minimum absolute atomic E-state index is 0.660. The zero-order valence-corrected chi connectivity index (χ0v) is 9.86. The molecule has 0 saturated heterocycles. The van der Waals surface area contributed by atoms with Crippen molar-refractivity contribution in [3.05, 3.63) is 26.3 Å². The Morgan fingerprint density at radius 2 is 2.33 bits per heavy atom. The van der Waals surface area contributed by atoms with Gasteiger partial charge in [0.15, 0.2) is 0 Å². The van der Waals surface area contributed by atoms with Crippen molar-refractivity contribution >= 4 is 34.2 Å². The van der Waals surface area contributed by atoms with E-state index in [1.54, 1.807) is 6.07 Å². The van der Waals surface area contributed by atoms with Gasteiger partial charge in [-0.15, -0.1) is 0 Å². The van der Waals surface area contributed by atoms with Crippen LogP contribution in [0.2, 0.25) is 5.02 Å². The molecule has 0 bridgehead atoms. The zero-order valence-electron chi connectivity index (χ0n) is 6.95. The average Bonchev–Trinajstić information content (AvgIpc) is 2.07. The van der Waals surface area contributed by atoms with E-state index in [-0.39, 0.29) is 0 Å². The van der Waals surface area contributed by atoms with Crippen LogP contribution in [0.25, 0.3) is 0 Å². The first-order chi connectivity index (χ1) is 5.66. The van der Waals surface area contributed by atoms with Crippen LogP contribution in [0.5, 0.6) is 5.75 Å². The summed E-state index contributed by atoms with van der Waals surface area (Å²) in [6.45, 7) is 4.59. The maximum atomic E-state index is 5.89. The Balaban J connectivity index is 3.08. The van der Waals surface area contributed by atoms with Gasteiger partial charge in [0.1, 0.15) is 5.75 Å². The Labute approximate surface area is 91.2 Å². The van der Waals surface area contributed by atoms with Crippen LogP contribution in [0, 0.1) is 16.6 Å². The van der Waals surface area contributed by atoms with Crippen LogP contribution in [0.4, 0.5) is 0 Å². The van der Waals surface area contributed by atoms with Gasteiger partial charge < -0.3 is 4.74 Å². The van der Waals surface area contributed by atoms with Crippen molar-refractivity contribution in [2.45, 2.75) is 13.8 Å². The van der Waals surface area contributed by atoms with Crippen molar-refractivity contribution in [2.75, 3.05) is 6.61 Å². The molecule has 0 spiro atoms. The number of rotatable bonds is 2. The van der Waals surface area contributed by atoms with E-state index in [0.717, 1.165) is 19.9 Å². The average molecular weight is 296 g/mol. The fraction of sp³-hybridized carbons (Fsp3) is 0.333. The monoisotopic (exact) mass is 295 g/mol. The van der Waals surface area contributed by atoms with Crippen LogP contribution in [0.3, 0.4) is 0 Å². The third kappa shape index (κ3) is 2.04. The highest BCUT2D eigenvalue weighted by Crippen LogP contribution is 2.28. The van der Waals surface area contributed by atoms with Gasteiger partial charge in [-0.05, 0) is 48.1 Å². The Morgan fingerprint density at radius 3 is 2.92 bits per heavy atom. The summed E-state index contributed by atoms with van der Waals surface area (Å²) in [4.78, 5) is 0. The molecule has 12 heavy (non-hydrogen) atoms. The lowest BCUT2D eigenvalue weighted by atomic mass is 10.2. The molecular weight excluding hydrogens is 286 g/mol. The largest absolute Gasteiger partial charge is 0.492 e. The highest BCUT2D eigenvalue weighted by Gasteiger charge is 2.06. The van der Waals surface area contributed by atoms with Gasteiger partial charge in [-0.3, -0.25) is 0 Å². The molecule has 0 atom stereocenters. The zero-order chi connectivity index (χ0) is 9.14. The maximum absolute atomic E-state index is 5.89. The van der Waals surface area contributed by atoms with Gasteiger partial charge in [0.25, 0.3) is 0 Å². The van der Waals surface area contributed by atoms with Crippen LogP contribution in [-0.2, 0) is 0 Å². The van der Waals surface area contributed by atoms with E-state index >= 15 is 0 Å². The molecule has 1 rings (SSSR count). The topological polar surface area (TPSA) is 9.23 Å². The lowest BCUT2D eigenvalue weighted by Crippen LogP contribution is -1.95. The molecule has 0 aliphatic rings. The summed E-state index contributed by atoms with van der Waals surface area (Å²) in [5.74, 6) is 0.792. The van der Waals surface area contributed by atoms with Gasteiger partial charge in [0.2, 0.25) is 0 Å². The van der Waals surface area contributed by atoms with Crippen molar-refractivity contribution in [1.29, 1.82) is 0 Å². The molecule has 65 valence electrons. The summed E-state index contributed by atoms with van der Waals surface area (Å²) in [5, 5.41) is 0.739. The molecule has 1 aromatic carbocycles. The second-order valence-electron chi connectivity index (χ2n) is 2.34. The maximum Gasteiger partial charge on any atom is 0.140 e. The predicted molar refractivity (Wildman–Crippen MR) is 58.9 cm³/mol. The van der Waals surface area contributed by atoms with Gasteiger partial charge in [0.05, 0.1) is 10.2 Å². The molecule has 1 nitrogen and oxygen atoms in total. The first-order valence-electron chi connectivity index (χ1n) is 3.66. The smallest absolute Gasteiger partial charge is 0.140 e. The molecule has 0 heterocycles. The molecule has 1 radical (unpaired) electrons. The van der Waals surface area contributed by atoms with E-state index in [1.165, 1.54) is 0 Å². The van der Waals surface area contributed by atoms with Crippen LogP contribution in [-0.4, -0.2) is 6.61 Å². The standard InChI is InChI=1S/C9H9ClIO/c1-3-12-8-5-4-7(10)6(2)9(8)11/h4H,3H2,1-2H3.